The van der Waals surface area contributed by atoms with Gasteiger partial charge in [0.2, 0.25) is 5.78 Å². The van der Waals surface area contributed by atoms with E-state index in [1.807, 2.05) is 77.4 Å². The first-order valence-electron chi connectivity index (χ1n) is 36.0. The molecule has 12 aromatic rings. The third-order valence-electron chi connectivity index (χ3n) is 20.4. The molecule has 0 bridgehead atoms. The number of hydrogen-bond acceptors (Lipinski definition) is 17. The predicted molar refractivity (Wildman–Crippen MR) is 412 cm³/mol. The lowest BCUT2D eigenvalue weighted by atomic mass is 10.0. The zero-order valence-corrected chi connectivity index (χ0v) is 59.1. The number of nitrogens with zero attached hydrogens (tertiary/aromatic N) is 17. The maximum atomic E-state index is 12.6. The van der Waals surface area contributed by atoms with E-state index < -0.39 is 0 Å². The molecule has 518 valence electrons. The van der Waals surface area contributed by atoms with E-state index in [0.29, 0.717) is 24.3 Å². The second kappa shape index (κ2) is 28.0. The van der Waals surface area contributed by atoms with Gasteiger partial charge in [0.05, 0.1) is 44.1 Å². The number of likely N-dealkylation sites (N-methyl/N-ethyl adjacent to an activating group) is 2. The van der Waals surface area contributed by atoms with Crippen LogP contribution in [0.4, 0.5) is 23.3 Å². The van der Waals surface area contributed by atoms with Crippen molar-refractivity contribution in [3.8, 4) is 23.3 Å². The highest BCUT2D eigenvalue weighted by Crippen LogP contribution is 2.38. The van der Waals surface area contributed by atoms with Crippen LogP contribution in [0.3, 0.4) is 0 Å². The Balaban J connectivity index is 0.000000105. The van der Waals surface area contributed by atoms with Crippen LogP contribution in [0, 0.1) is 0 Å². The molecule has 0 spiro atoms. The summed E-state index contributed by atoms with van der Waals surface area (Å²) in [6.45, 7) is 29.5. The summed E-state index contributed by atoms with van der Waals surface area (Å²) in [6.07, 6.45) is 6.57. The standard InChI is InChI=1S/2C21H23N5.C20H21N5O.C19H21N5/c1-13-10-16-8-9-19(25-11-14(2)22-15(3)12-25)24-21(16)26-18-7-5-4-6-17(18)23-20(13)26;1-15-14-16-8-9-19(22-10-13-25-11-4-5-12-25)24-21(16)26-18-7-3-2-6-17(18)23-20(15)26;1-23-9-4-10-24(12-11-23)18-8-7-14-13-17(26)20-21-15-5-2-3-6-16(15)25(20)19(14)22-18;1-13-12-14-8-9-17(20-10-11-23(2)3)22-19(14)24-16-7-5-4-6-15(16)21-18(13)24/h4-9,14-15,22H,1,10-12H2,2-3H3;2-3,6-9H,1,4-5,10-14H2,(H,22,24);2-3,5-8H,4,9-13H2,1H3;4-9H,1,10-12H2,2-3H3,(H,20,22)/t14-,15+;;;. The highest BCUT2D eigenvalue weighted by Gasteiger charge is 2.32. The number of hydrogen-bond donors (Lipinski definition) is 3. The normalized spacial score (nSPS) is 17.6. The number of benzene rings is 4. The fourth-order valence-corrected chi connectivity index (χ4v) is 15.3. The van der Waals surface area contributed by atoms with Crippen molar-refractivity contribution in [3.05, 3.63) is 211 Å². The van der Waals surface area contributed by atoms with E-state index >= 15 is 0 Å². The molecule has 8 aromatic heterocycles. The molecular weight excluding hydrogens is 1270 g/mol. The number of carbonyl (C=O) groups is 1. The highest BCUT2D eigenvalue weighted by molar-refractivity contribution is 6.01. The molecule has 15 heterocycles. The lowest BCUT2D eigenvalue weighted by Crippen LogP contribution is -2.54. The molecule has 19 rings (SSSR count). The minimum absolute atomic E-state index is 0.0552. The minimum atomic E-state index is 0.0552. The Morgan fingerprint density at radius 1 is 0.441 bits per heavy atom. The van der Waals surface area contributed by atoms with E-state index in [9.17, 15) is 4.79 Å². The summed E-state index contributed by atoms with van der Waals surface area (Å²) in [5.74, 6) is 11.0. The van der Waals surface area contributed by atoms with Crippen molar-refractivity contribution in [2.24, 2.45) is 0 Å². The van der Waals surface area contributed by atoms with E-state index in [2.05, 4.69) is 187 Å². The van der Waals surface area contributed by atoms with Crippen molar-refractivity contribution in [2.75, 3.05) is 120 Å². The Labute approximate surface area is 595 Å². The number of fused-ring (bicyclic) bond motifs is 20. The number of piperazine rings is 1. The molecule has 3 saturated heterocycles. The number of imidazole rings is 4. The van der Waals surface area contributed by atoms with Gasteiger partial charge >= 0.3 is 0 Å². The fourth-order valence-electron chi connectivity index (χ4n) is 15.3. The van der Waals surface area contributed by atoms with Crippen LogP contribution >= 0.6 is 0 Å². The summed E-state index contributed by atoms with van der Waals surface area (Å²) >= 11 is 0. The number of ketones is 1. The number of rotatable bonds is 10. The van der Waals surface area contributed by atoms with E-state index in [1.165, 1.54) is 42.6 Å². The quantitative estimate of drug-likeness (QED) is 0.117. The van der Waals surface area contributed by atoms with Crippen LogP contribution in [0.2, 0.25) is 0 Å². The Hall–Kier alpha value is -10.7. The molecular formula is C81H88N20O. The number of anilines is 4. The molecule has 0 saturated carbocycles. The number of para-hydroxylation sites is 8. The number of allylic oxidation sites excluding steroid dienone is 3. The Kier molecular flexibility index (Phi) is 18.1. The Morgan fingerprint density at radius 3 is 1.33 bits per heavy atom. The molecule has 3 N–H and O–H groups in total. The predicted octanol–water partition coefficient (Wildman–Crippen LogP) is 11.9. The molecule has 102 heavy (non-hydrogen) atoms. The lowest BCUT2D eigenvalue weighted by molar-refractivity contribution is 0.0977. The number of Topliss-reactive ketones (excluding diaryl/α,β-unsaturated/α-hetero) is 1. The zero-order valence-electron chi connectivity index (χ0n) is 59.1. The van der Waals surface area contributed by atoms with Crippen molar-refractivity contribution >= 4 is 89.9 Å². The van der Waals surface area contributed by atoms with Crippen LogP contribution in [-0.4, -0.2) is 190 Å². The summed E-state index contributed by atoms with van der Waals surface area (Å²) in [5, 5.41) is 10.5. The first-order valence-corrected chi connectivity index (χ1v) is 36.0. The molecule has 7 aliphatic rings. The summed E-state index contributed by atoms with van der Waals surface area (Å²) in [6, 6.07) is 50.3. The van der Waals surface area contributed by atoms with Crippen molar-refractivity contribution in [3.63, 3.8) is 0 Å². The number of likely N-dealkylation sites (tertiary alicyclic amines) is 1. The van der Waals surface area contributed by atoms with Crippen LogP contribution in [0.15, 0.2) is 165 Å². The molecule has 4 aromatic carbocycles. The van der Waals surface area contributed by atoms with Crippen LogP contribution in [0.5, 0.6) is 0 Å². The van der Waals surface area contributed by atoms with E-state index in [1.54, 1.807) is 0 Å². The molecule has 3 fully saturated rings. The van der Waals surface area contributed by atoms with Crippen LogP contribution in [0.25, 0.3) is 84.1 Å². The van der Waals surface area contributed by atoms with E-state index in [4.69, 9.17) is 34.9 Å². The van der Waals surface area contributed by atoms with Crippen molar-refractivity contribution in [1.29, 1.82) is 0 Å². The zero-order chi connectivity index (χ0) is 69.7. The number of aromatic nitrogens is 12. The van der Waals surface area contributed by atoms with Gasteiger partial charge in [-0.3, -0.25) is 23.1 Å². The molecule has 21 nitrogen and oxygen atoms in total. The molecule has 0 unspecified atom stereocenters. The Bertz CT molecular complexity index is 5210. The second-order valence-corrected chi connectivity index (χ2v) is 28.4. The third-order valence-corrected chi connectivity index (χ3v) is 20.4. The first-order chi connectivity index (χ1) is 49.7. The second-order valence-electron chi connectivity index (χ2n) is 28.4. The van der Waals surface area contributed by atoms with Gasteiger partial charge in [-0.2, -0.15) is 0 Å². The maximum Gasteiger partial charge on any atom is 0.203 e. The third kappa shape index (κ3) is 13.0. The van der Waals surface area contributed by atoms with Crippen LogP contribution in [-0.2, 0) is 25.7 Å². The topological polar surface area (TPSA) is 192 Å². The monoisotopic (exact) mass is 1360 g/mol. The smallest absolute Gasteiger partial charge is 0.203 e. The van der Waals surface area contributed by atoms with E-state index in [-0.39, 0.29) is 5.78 Å². The van der Waals surface area contributed by atoms with Gasteiger partial charge in [-0.05, 0) is 163 Å². The van der Waals surface area contributed by atoms with Crippen LogP contribution < -0.4 is 25.8 Å². The van der Waals surface area contributed by atoms with Crippen molar-refractivity contribution < 1.29 is 4.79 Å². The molecule has 21 heteroatoms. The average molecular weight is 1360 g/mol. The van der Waals surface area contributed by atoms with Crippen molar-refractivity contribution in [2.45, 2.75) is 70.9 Å². The molecule has 7 aliphatic heterocycles. The van der Waals surface area contributed by atoms with Gasteiger partial charge in [0.1, 0.15) is 64.0 Å². The number of carbonyl (C=O) groups excluding carboxylic acids is 1. The number of nitrogens with one attached hydrogen (secondary N) is 3. The molecule has 0 aliphatic carbocycles. The van der Waals surface area contributed by atoms with Gasteiger partial charge in [0.25, 0.3) is 0 Å². The van der Waals surface area contributed by atoms with Crippen molar-refractivity contribution in [1.82, 2.24) is 78.2 Å². The van der Waals surface area contributed by atoms with Gasteiger partial charge in [0.15, 0.2) is 5.82 Å². The first kappa shape index (κ1) is 65.9. The fraction of sp³-hybridized carbons (Fsp3) is 0.321. The minimum Gasteiger partial charge on any atom is -0.369 e. The van der Waals surface area contributed by atoms with Gasteiger partial charge in [-0.1, -0.05) is 92.5 Å². The van der Waals surface area contributed by atoms with Crippen LogP contribution in [0.1, 0.15) is 83.5 Å². The van der Waals surface area contributed by atoms with E-state index in [0.717, 1.165) is 222 Å². The summed E-state index contributed by atoms with van der Waals surface area (Å²) < 4.78 is 8.40. The molecule has 2 atom stereocenters. The largest absolute Gasteiger partial charge is 0.369 e. The summed E-state index contributed by atoms with van der Waals surface area (Å²) in [4.78, 5) is 63.0. The summed E-state index contributed by atoms with van der Waals surface area (Å²) in [7, 11) is 6.30. The van der Waals surface area contributed by atoms with Gasteiger partial charge < -0.3 is 40.4 Å². The van der Waals surface area contributed by atoms with Gasteiger partial charge in [-0.15, -0.1) is 0 Å². The molecule has 0 radical (unpaired) electrons. The SMILES string of the molecule is C=C1Cc2ccc(N3C[C@@H](C)N[C@@H](C)C3)nc2-n2c1nc1ccccc12.C=C1Cc2ccc(NCCN(C)C)nc2-n2c1nc1ccccc12.C=C1Cc2ccc(NCCN3CCCC3)nc2-n2c1nc1ccccc12.CN1CCCN(c2ccc3c(n2)-n2c(nc4ccccc42)C(=O)C3)CC1. The van der Waals surface area contributed by atoms with Gasteiger partial charge in [-0.25, -0.2) is 39.9 Å². The van der Waals surface area contributed by atoms with Gasteiger partial charge in [0, 0.05) is 119 Å². The Morgan fingerprint density at radius 2 is 0.853 bits per heavy atom. The average Bonchev–Trinajstić information content (AvgIpc) is 1.59. The maximum absolute atomic E-state index is 12.6. The lowest BCUT2D eigenvalue weighted by Gasteiger charge is -2.37. The highest BCUT2D eigenvalue weighted by atomic mass is 16.1. The number of pyridine rings is 4. The molecule has 0 amide bonds. The summed E-state index contributed by atoms with van der Waals surface area (Å²) in [5.41, 5.74) is 15.7.